The fourth-order valence-electron chi connectivity index (χ4n) is 3.84. The first-order valence-electron chi connectivity index (χ1n) is 9.30. The van der Waals surface area contributed by atoms with Crippen LogP contribution in [0.25, 0.3) is 10.9 Å². The van der Waals surface area contributed by atoms with Crippen LogP contribution < -0.4 is 0 Å². The first-order valence-corrected chi connectivity index (χ1v) is 9.30. The van der Waals surface area contributed by atoms with E-state index in [0.717, 1.165) is 38.9 Å². The van der Waals surface area contributed by atoms with Crippen LogP contribution in [0.1, 0.15) is 31.0 Å². The van der Waals surface area contributed by atoms with Crippen molar-refractivity contribution in [2.45, 2.75) is 39.2 Å². The standard InChI is InChI=1S/C20H24N4O2/c1-15-21-19(26-22-15)13-16-5-4-10-24(14-16)20(25)9-12-23-11-8-17-6-2-3-7-18(17)23/h2-3,6-8,11,16H,4-5,9-10,12-14H2,1H3. The zero-order valence-corrected chi connectivity index (χ0v) is 15.1. The van der Waals surface area contributed by atoms with Gasteiger partial charge in [-0.25, -0.2) is 0 Å². The maximum absolute atomic E-state index is 12.7. The molecule has 1 atom stereocenters. The number of carbonyl (C=O) groups excluding carboxylic acids is 1. The Hall–Kier alpha value is -2.63. The number of aromatic nitrogens is 3. The number of fused-ring (bicyclic) bond motifs is 1. The molecule has 0 saturated carbocycles. The first-order chi connectivity index (χ1) is 12.7. The Labute approximate surface area is 152 Å². The SMILES string of the molecule is Cc1noc(CC2CCCN(C(=O)CCn3ccc4ccccc43)C2)n1. The molecular weight excluding hydrogens is 328 g/mol. The third kappa shape index (κ3) is 3.64. The molecule has 4 rings (SSSR count). The van der Waals surface area contributed by atoms with Crippen LogP contribution in [0.15, 0.2) is 41.1 Å². The topological polar surface area (TPSA) is 64.2 Å². The zero-order valence-electron chi connectivity index (χ0n) is 15.1. The molecule has 3 aromatic rings. The summed E-state index contributed by atoms with van der Waals surface area (Å²) in [7, 11) is 0. The molecule has 0 N–H and O–H groups in total. The highest BCUT2D eigenvalue weighted by Crippen LogP contribution is 2.21. The predicted molar refractivity (Wildman–Crippen MR) is 98.6 cm³/mol. The Morgan fingerprint density at radius 3 is 3.04 bits per heavy atom. The third-order valence-electron chi connectivity index (χ3n) is 5.15. The van der Waals surface area contributed by atoms with Crippen molar-refractivity contribution in [3.63, 3.8) is 0 Å². The molecule has 0 bridgehead atoms. The molecule has 1 aliphatic heterocycles. The molecule has 6 heteroatoms. The molecular formula is C20H24N4O2. The maximum atomic E-state index is 12.7. The van der Waals surface area contributed by atoms with Crippen LogP contribution in [0.4, 0.5) is 0 Å². The monoisotopic (exact) mass is 352 g/mol. The van der Waals surface area contributed by atoms with Gasteiger partial charge in [0.15, 0.2) is 5.82 Å². The van der Waals surface area contributed by atoms with Gasteiger partial charge in [-0.15, -0.1) is 0 Å². The van der Waals surface area contributed by atoms with Gasteiger partial charge in [-0.05, 0) is 43.2 Å². The summed E-state index contributed by atoms with van der Waals surface area (Å²) >= 11 is 0. The minimum Gasteiger partial charge on any atom is -0.347 e. The van der Waals surface area contributed by atoms with Gasteiger partial charge < -0.3 is 14.0 Å². The summed E-state index contributed by atoms with van der Waals surface area (Å²) in [5, 5.41) is 5.07. The van der Waals surface area contributed by atoms with Crippen molar-refractivity contribution in [2.24, 2.45) is 5.92 Å². The van der Waals surface area contributed by atoms with E-state index in [4.69, 9.17) is 4.52 Å². The number of carbonyl (C=O) groups is 1. The minimum absolute atomic E-state index is 0.231. The van der Waals surface area contributed by atoms with E-state index in [1.165, 1.54) is 10.9 Å². The molecule has 1 unspecified atom stereocenters. The highest BCUT2D eigenvalue weighted by molar-refractivity contribution is 5.80. The molecule has 0 radical (unpaired) electrons. The summed E-state index contributed by atoms with van der Waals surface area (Å²) in [6, 6.07) is 10.4. The lowest BCUT2D eigenvalue weighted by atomic mass is 9.94. The minimum atomic E-state index is 0.231. The second-order valence-electron chi connectivity index (χ2n) is 7.11. The molecule has 136 valence electrons. The summed E-state index contributed by atoms with van der Waals surface area (Å²) in [6.45, 7) is 4.18. The summed E-state index contributed by atoms with van der Waals surface area (Å²) in [5.41, 5.74) is 1.18. The quantitative estimate of drug-likeness (QED) is 0.707. The van der Waals surface area contributed by atoms with Gasteiger partial charge in [0.25, 0.3) is 0 Å². The van der Waals surface area contributed by atoms with Crippen molar-refractivity contribution in [1.29, 1.82) is 0 Å². The summed E-state index contributed by atoms with van der Waals surface area (Å²) in [5.74, 6) is 1.98. The highest BCUT2D eigenvalue weighted by atomic mass is 16.5. The van der Waals surface area contributed by atoms with Gasteiger partial charge in [-0.2, -0.15) is 4.98 Å². The Balaban J connectivity index is 1.34. The largest absolute Gasteiger partial charge is 0.347 e. The number of rotatable bonds is 5. The second kappa shape index (κ2) is 7.32. The lowest BCUT2D eigenvalue weighted by Gasteiger charge is -2.32. The molecule has 6 nitrogen and oxygen atoms in total. The van der Waals surface area contributed by atoms with E-state index in [2.05, 4.69) is 39.1 Å². The van der Waals surface area contributed by atoms with Gasteiger partial charge in [0.1, 0.15) is 0 Å². The van der Waals surface area contributed by atoms with Crippen LogP contribution in [-0.4, -0.2) is 38.6 Å². The molecule has 1 fully saturated rings. The van der Waals surface area contributed by atoms with Crippen molar-refractivity contribution in [2.75, 3.05) is 13.1 Å². The molecule has 1 saturated heterocycles. The van der Waals surface area contributed by atoms with Crippen molar-refractivity contribution in [3.05, 3.63) is 48.2 Å². The van der Waals surface area contributed by atoms with Gasteiger partial charge in [0, 0.05) is 44.2 Å². The van der Waals surface area contributed by atoms with Crippen LogP contribution in [0.5, 0.6) is 0 Å². The lowest BCUT2D eigenvalue weighted by Crippen LogP contribution is -2.40. The van der Waals surface area contributed by atoms with Crippen LogP contribution in [0, 0.1) is 12.8 Å². The molecule has 3 heterocycles. The smallest absolute Gasteiger partial charge is 0.226 e. The average Bonchev–Trinajstić information content (AvgIpc) is 3.26. The summed E-state index contributed by atoms with van der Waals surface area (Å²) in [4.78, 5) is 19.0. The summed E-state index contributed by atoms with van der Waals surface area (Å²) in [6.07, 6.45) is 5.50. The molecule has 1 aromatic carbocycles. The van der Waals surface area contributed by atoms with Gasteiger partial charge in [0.05, 0.1) is 0 Å². The van der Waals surface area contributed by atoms with E-state index in [9.17, 15) is 4.79 Å². The number of piperidine rings is 1. The van der Waals surface area contributed by atoms with Gasteiger partial charge >= 0.3 is 0 Å². The van der Waals surface area contributed by atoms with E-state index in [1.54, 1.807) is 0 Å². The number of amides is 1. The van der Waals surface area contributed by atoms with Crippen LogP contribution in [-0.2, 0) is 17.8 Å². The van der Waals surface area contributed by atoms with Crippen molar-refractivity contribution < 1.29 is 9.32 Å². The third-order valence-corrected chi connectivity index (χ3v) is 5.15. The molecule has 2 aromatic heterocycles. The number of nitrogens with zero attached hydrogens (tertiary/aromatic N) is 4. The van der Waals surface area contributed by atoms with Crippen molar-refractivity contribution in [3.8, 4) is 0 Å². The molecule has 0 aliphatic carbocycles. The number of hydrogen-bond donors (Lipinski definition) is 0. The van der Waals surface area contributed by atoms with Gasteiger partial charge in [-0.1, -0.05) is 23.4 Å². The van der Waals surface area contributed by atoms with Crippen LogP contribution in [0.3, 0.4) is 0 Å². The van der Waals surface area contributed by atoms with E-state index in [-0.39, 0.29) is 5.91 Å². The second-order valence-corrected chi connectivity index (χ2v) is 7.11. The normalized spacial score (nSPS) is 17.7. The first kappa shape index (κ1) is 16.8. The number of likely N-dealkylation sites (tertiary alicyclic amines) is 1. The summed E-state index contributed by atoms with van der Waals surface area (Å²) < 4.78 is 7.39. The Bertz CT molecular complexity index is 898. The predicted octanol–water partition coefficient (Wildman–Crippen LogP) is 3.20. The highest BCUT2D eigenvalue weighted by Gasteiger charge is 2.25. The molecule has 1 amide bonds. The van der Waals surface area contributed by atoms with Crippen molar-refractivity contribution >= 4 is 16.8 Å². The molecule has 26 heavy (non-hydrogen) atoms. The number of para-hydroxylation sites is 1. The number of hydrogen-bond acceptors (Lipinski definition) is 4. The Morgan fingerprint density at radius 2 is 2.19 bits per heavy atom. The Kier molecular flexibility index (Phi) is 4.73. The van der Waals surface area contributed by atoms with Crippen LogP contribution in [0.2, 0.25) is 0 Å². The lowest BCUT2D eigenvalue weighted by molar-refractivity contribution is -0.133. The number of benzene rings is 1. The molecule has 1 aliphatic rings. The van der Waals surface area contributed by atoms with E-state index in [1.807, 2.05) is 24.0 Å². The Morgan fingerprint density at radius 1 is 1.31 bits per heavy atom. The average molecular weight is 352 g/mol. The zero-order chi connectivity index (χ0) is 17.9. The van der Waals surface area contributed by atoms with E-state index in [0.29, 0.717) is 24.1 Å². The van der Waals surface area contributed by atoms with E-state index < -0.39 is 0 Å². The van der Waals surface area contributed by atoms with Crippen LogP contribution >= 0.6 is 0 Å². The maximum Gasteiger partial charge on any atom is 0.226 e. The van der Waals surface area contributed by atoms with E-state index >= 15 is 0 Å². The van der Waals surface area contributed by atoms with Gasteiger partial charge in [-0.3, -0.25) is 4.79 Å². The fraction of sp³-hybridized carbons (Fsp3) is 0.450. The number of aryl methyl sites for hydroxylation is 2. The molecule has 0 spiro atoms. The fourth-order valence-corrected chi connectivity index (χ4v) is 3.84. The van der Waals surface area contributed by atoms with Crippen molar-refractivity contribution in [1.82, 2.24) is 19.6 Å². The van der Waals surface area contributed by atoms with Gasteiger partial charge in [0.2, 0.25) is 11.8 Å².